The summed E-state index contributed by atoms with van der Waals surface area (Å²) in [6.45, 7) is 3.56. The summed E-state index contributed by atoms with van der Waals surface area (Å²) in [4.78, 5) is 33.8. The highest BCUT2D eigenvalue weighted by molar-refractivity contribution is 5.99. The maximum absolute atomic E-state index is 12.2. The lowest BCUT2D eigenvalue weighted by Gasteiger charge is -2.28. The topological polar surface area (TPSA) is 115 Å². The van der Waals surface area contributed by atoms with Gasteiger partial charge in [-0.05, 0) is 55.5 Å². The van der Waals surface area contributed by atoms with E-state index in [9.17, 15) is 9.59 Å². The van der Waals surface area contributed by atoms with Crippen molar-refractivity contribution in [3.63, 3.8) is 0 Å². The number of rotatable bonds is 11. The van der Waals surface area contributed by atoms with Gasteiger partial charge in [-0.2, -0.15) is 4.98 Å². The number of carbonyl (C=O) groups excluding carboxylic acids is 2. The highest BCUT2D eigenvalue weighted by atomic mass is 16.5. The van der Waals surface area contributed by atoms with Crippen molar-refractivity contribution < 1.29 is 23.8 Å². The molecule has 2 N–H and O–H groups in total. The number of nitrogens with one attached hydrogen (secondary N) is 2. The van der Waals surface area contributed by atoms with E-state index >= 15 is 0 Å². The summed E-state index contributed by atoms with van der Waals surface area (Å²) < 4.78 is 16.3. The molecule has 3 aromatic rings. The summed E-state index contributed by atoms with van der Waals surface area (Å²) in [6, 6.07) is 12.9. The number of methoxy groups -OCH3 is 1. The number of hydrogen-bond acceptors (Lipinski definition) is 10. The maximum Gasteiger partial charge on any atom is 0.229 e. The molecule has 186 valence electrons. The Bertz CT molecular complexity index is 1250. The van der Waals surface area contributed by atoms with Crippen LogP contribution in [-0.2, 0) is 9.53 Å². The average molecular weight is 490 g/mol. The van der Waals surface area contributed by atoms with E-state index in [0.29, 0.717) is 55.1 Å². The van der Waals surface area contributed by atoms with Crippen molar-refractivity contribution in [2.45, 2.75) is 6.92 Å². The molecule has 0 saturated heterocycles. The maximum atomic E-state index is 12.2. The average Bonchev–Trinajstić information content (AvgIpc) is 2.88. The second-order valence-corrected chi connectivity index (χ2v) is 7.83. The molecule has 0 bridgehead atoms. The van der Waals surface area contributed by atoms with Gasteiger partial charge in [-0.25, -0.2) is 4.98 Å². The largest absolute Gasteiger partial charge is 0.491 e. The molecule has 1 aliphatic rings. The van der Waals surface area contributed by atoms with Crippen LogP contribution in [0.2, 0.25) is 0 Å². The molecule has 2 heterocycles. The van der Waals surface area contributed by atoms with Crippen LogP contribution in [0.4, 0.5) is 28.8 Å². The van der Waals surface area contributed by atoms with Gasteiger partial charge < -0.3 is 29.7 Å². The first-order valence-corrected chi connectivity index (χ1v) is 11.4. The predicted octanol–water partition coefficient (Wildman–Crippen LogP) is 4.10. The second-order valence-electron chi connectivity index (χ2n) is 7.83. The van der Waals surface area contributed by atoms with Crippen LogP contribution in [0.5, 0.6) is 11.5 Å². The number of allylic oxidation sites excluding steroid dienone is 1. The smallest absolute Gasteiger partial charge is 0.229 e. The number of carbonyl (C=O) groups is 2. The predicted molar refractivity (Wildman–Crippen MR) is 137 cm³/mol. The number of benzene rings is 2. The van der Waals surface area contributed by atoms with Crippen molar-refractivity contribution in [1.82, 2.24) is 9.97 Å². The number of anilines is 5. The highest BCUT2D eigenvalue weighted by Crippen LogP contribution is 2.35. The highest BCUT2D eigenvalue weighted by Gasteiger charge is 2.18. The lowest BCUT2D eigenvalue weighted by Crippen LogP contribution is -2.28. The van der Waals surface area contributed by atoms with Gasteiger partial charge in [-0.1, -0.05) is 0 Å². The van der Waals surface area contributed by atoms with E-state index in [1.54, 1.807) is 13.3 Å². The Hall–Kier alpha value is -4.44. The molecule has 0 aliphatic carbocycles. The fourth-order valence-electron chi connectivity index (χ4n) is 3.55. The quantitative estimate of drug-likeness (QED) is 0.176. The number of aromatic nitrogens is 2. The zero-order valence-corrected chi connectivity index (χ0v) is 20.1. The van der Waals surface area contributed by atoms with Crippen LogP contribution in [0.15, 0.2) is 60.9 Å². The molecule has 0 atom stereocenters. The van der Waals surface area contributed by atoms with Crippen LogP contribution < -0.4 is 25.0 Å². The molecule has 0 fully saturated rings. The molecule has 10 nitrogen and oxygen atoms in total. The molecule has 4 rings (SSSR count). The van der Waals surface area contributed by atoms with Crippen molar-refractivity contribution in [1.29, 1.82) is 0 Å². The Balaban J connectivity index is 1.54. The Labute approximate surface area is 208 Å². The Morgan fingerprint density at radius 2 is 1.94 bits per heavy atom. The Kier molecular flexibility index (Phi) is 8.09. The van der Waals surface area contributed by atoms with Crippen LogP contribution in [0.1, 0.15) is 17.3 Å². The molecule has 2 aromatic carbocycles. The molecule has 0 radical (unpaired) electrons. The van der Waals surface area contributed by atoms with Gasteiger partial charge in [0, 0.05) is 30.9 Å². The number of fused-ring (bicyclic) bond motifs is 1. The van der Waals surface area contributed by atoms with E-state index in [4.69, 9.17) is 14.2 Å². The Morgan fingerprint density at radius 1 is 1.14 bits per heavy atom. The van der Waals surface area contributed by atoms with Crippen molar-refractivity contribution in [3.8, 4) is 11.5 Å². The van der Waals surface area contributed by atoms with E-state index in [2.05, 4.69) is 20.6 Å². The number of aldehydes is 1. The first-order chi connectivity index (χ1) is 17.6. The van der Waals surface area contributed by atoms with Gasteiger partial charge in [0.05, 0.1) is 24.4 Å². The fraction of sp³-hybridized carbons (Fsp3) is 0.231. The van der Waals surface area contributed by atoms with E-state index in [0.717, 1.165) is 23.4 Å². The van der Waals surface area contributed by atoms with Gasteiger partial charge in [0.2, 0.25) is 5.95 Å². The molecule has 1 aromatic heterocycles. The van der Waals surface area contributed by atoms with Crippen LogP contribution in [-0.4, -0.2) is 55.5 Å². The lowest BCUT2D eigenvalue weighted by molar-refractivity contribution is -0.104. The SMILES string of the molecule is COCCOc1ccc(Nc2ncc(C(C)=O)c(Nc3ccc4c(c3)N(C=CC=O)CCO4)n2)cc1. The zero-order chi connectivity index (χ0) is 25.3. The second kappa shape index (κ2) is 11.8. The van der Waals surface area contributed by atoms with Gasteiger partial charge in [0.15, 0.2) is 5.78 Å². The summed E-state index contributed by atoms with van der Waals surface area (Å²) in [5.41, 5.74) is 2.62. The van der Waals surface area contributed by atoms with Gasteiger partial charge in [-0.3, -0.25) is 9.59 Å². The molecule has 0 amide bonds. The zero-order valence-electron chi connectivity index (χ0n) is 20.1. The molecular formula is C26H27N5O5. The Morgan fingerprint density at radius 3 is 2.69 bits per heavy atom. The van der Waals surface area contributed by atoms with Crippen LogP contribution in [0, 0.1) is 0 Å². The van der Waals surface area contributed by atoms with Gasteiger partial charge >= 0.3 is 0 Å². The molecule has 10 heteroatoms. The minimum Gasteiger partial charge on any atom is -0.491 e. The number of ketones is 1. The van der Waals surface area contributed by atoms with E-state index in [-0.39, 0.29) is 5.78 Å². The number of ether oxygens (including phenoxy) is 3. The van der Waals surface area contributed by atoms with Gasteiger partial charge in [0.25, 0.3) is 0 Å². The lowest BCUT2D eigenvalue weighted by atomic mass is 10.2. The first kappa shape index (κ1) is 24.7. The fourth-order valence-corrected chi connectivity index (χ4v) is 3.55. The molecule has 0 unspecified atom stereocenters. The van der Waals surface area contributed by atoms with Crippen LogP contribution >= 0.6 is 0 Å². The minimum absolute atomic E-state index is 0.168. The first-order valence-electron chi connectivity index (χ1n) is 11.4. The molecule has 36 heavy (non-hydrogen) atoms. The summed E-state index contributed by atoms with van der Waals surface area (Å²) >= 11 is 0. The minimum atomic E-state index is -0.168. The summed E-state index contributed by atoms with van der Waals surface area (Å²) in [6.07, 6.45) is 5.36. The van der Waals surface area contributed by atoms with Crippen LogP contribution in [0.3, 0.4) is 0 Å². The summed E-state index contributed by atoms with van der Waals surface area (Å²) in [5.74, 6) is 1.95. The standard InChI is InChI=1S/C26H27N5O5/c1-18(33)22-17-27-26(29-19-4-7-21(8-5-19)35-15-14-34-2)30-25(22)28-20-6-9-24-23(16-20)31(10-3-12-32)11-13-36-24/h3-10,12,16-17H,11,13-15H2,1-2H3,(H2,27,28,29,30). The third-order valence-corrected chi connectivity index (χ3v) is 5.30. The van der Waals surface area contributed by atoms with Crippen molar-refractivity contribution in [2.24, 2.45) is 0 Å². The van der Waals surface area contributed by atoms with E-state index < -0.39 is 0 Å². The normalized spacial score (nSPS) is 12.6. The number of hydrogen-bond donors (Lipinski definition) is 2. The third-order valence-electron chi connectivity index (χ3n) is 5.30. The van der Waals surface area contributed by atoms with E-state index in [1.807, 2.05) is 47.4 Å². The molecule has 0 spiro atoms. The molecule has 0 saturated carbocycles. The van der Waals surface area contributed by atoms with Gasteiger partial charge in [0.1, 0.15) is 36.8 Å². The monoisotopic (exact) mass is 489 g/mol. The summed E-state index contributed by atoms with van der Waals surface area (Å²) in [7, 11) is 1.62. The van der Waals surface area contributed by atoms with Crippen molar-refractivity contribution >= 4 is 40.9 Å². The molecular weight excluding hydrogens is 462 g/mol. The van der Waals surface area contributed by atoms with Crippen LogP contribution in [0.25, 0.3) is 0 Å². The van der Waals surface area contributed by atoms with Gasteiger partial charge in [-0.15, -0.1) is 0 Å². The van der Waals surface area contributed by atoms with E-state index in [1.165, 1.54) is 19.2 Å². The van der Waals surface area contributed by atoms with Crippen molar-refractivity contribution in [3.05, 3.63) is 66.5 Å². The third kappa shape index (κ3) is 6.16. The summed E-state index contributed by atoms with van der Waals surface area (Å²) in [5, 5.41) is 6.37. The molecule has 1 aliphatic heterocycles. The number of Topliss-reactive ketones (excluding diaryl/α,β-unsaturated/α-hetero) is 1. The van der Waals surface area contributed by atoms with Crippen molar-refractivity contribution in [2.75, 3.05) is 49.0 Å². The number of nitrogens with zero attached hydrogens (tertiary/aromatic N) is 3.